The van der Waals surface area contributed by atoms with E-state index in [4.69, 9.17) is 23.1 Å². The summed E-state index contributed by atoms with van der Waals surface area (Å²) in [4.78, 5) is 20.0. The molecule has 0 aliphatic heterocycles. The van der Waals surface area contributed by atoms with Gasteiger partial charge >= 0.3 is 5.97 Å². The van der Waals surface area contributed by atoms with Crippen molar-refractivity contribution in [3.63, 3.8) is 0 Å². The van der Waals surface area contributed by atoms with Gasteiger partial charge in [-0.1, -0.05) is 30.3 Å². The van der Waals surface area contributed by atoms with E-state index in [-0.39, 0.29) is 5.96 Å². The molecule has 7 nitrogen and oxygen atoms in total. The number of guanidine groups is 1. The van der Waals surface area contributed by atoms with Crippen LogP contribution in [0.2, 0.25) is 0 Å². The van der Waals surface area contributed by atoms with Gasteiger partial charge in [0, 0.05) is 13.0 Å². The number of carbonyl (C=O) groups is 1. The maximum absolute atomic E-state index is 11.8. The minimum absolute atomic E-state index is 0.0112. The van der Waals surface area contributed by atoms with Crippen molar-refractivity contribution in [2.24, 2.45) is 28.1 Å². The Hall–Kier alpha value is -2.12. The molecular formula is C13H21N5O2. The summed E-state index contributed by atoms with van der Waals surface area (Å²) in [5, 5.41) is 0. The van der Waals surface area contributed by atoms with Crippen LogP contribution >= 0.6 is 0 Å². The molecule has 110 valence electrons. The monoisotopic (exact) mass is 279 g/mol. The molecule has 0 aromatic heterocycles. The van der Waals surface area contributed by atoms with E-state index in [1.165, 1.54) is 0 Å². The highest BCUT2D eigenvalue weighted by Crippen LogP contribution is 2.18. The molecule has 0 fully saturated rings. The number of nitrogens with two attached hydrogens (primary N) is 4. The molecule has 0 bridgehead atoms. The van der Waals surface area contributed by atoms with Gasteiger partial charge in [0.1, 0.15) is 5.54 Å². The molecule has 20 heavy (non-hydrogen) atoms. The molecular weight excluding hydrogens is 258 g/mol. The van der Waals surface area contributed by atoms with Crippen LogP contribution in [0.5, 0.6) is 0 Å². The summed E-state index contributed by atoms with van der Waals surface area (Å²) in [6.45, 7) is 0.397. The molecule has 0 saturated carbocycles. The zero-order chi connectivity index (χ0) is 15.0. The van der Waals surface area contributed by atoms with Crippen molar-refractivity contribution in [1.82, 2.24) is 0 Å². The van der Waals surface area contributed by atoms with E-state index in [1.54, 1.807) is 0 Å². The van der Waals surface area contributed by atoms with Crippen LogP contribution in [-0.4, -0.2) is 24.0 Å². The molecule has 8 N–H and O–H groups in total. The fourth-order valence-electron chi connectivity index (χ4n) is 1.94. The number of aliphatic imine (C=N–C) groups is 1. The fourth-order valence-corrected chi connectivity index (χ4v) is 1.94. The van der Waals surface area contributed by atoms with Crippen LogP contribution in [0.25, 0.3) is 0 Å². The Morgan fingerprint density at radius 2 is 1.90 bits per heavy atom. The van der Waals surface area contributed by atoms with E-state index in [9.17, 15) is 4.79 Å². The Kier molecular flexibility index (Phi) is 5.95. The van der Waals surface area contributed by atoms with Gasteiger partial charge in [0.15, 0.2) is 5.96 Å². The van der Waals surface area contributed by atoms with Gasteiger partial charge in [0.05, 0.1) is 0 Å². The molecule has 0 heterocycles. The minimum Gasteiger partial charge on any atom is -0.372 e. The van der Waals surface area contributed by atoms with Gasteiger partial charge in [-0.15, -0.1) is 0 Å². The van der Waals surface area contributed by atoms with Crippen molar-refractivity contribution >= 4 is 11.9 Å². The number of carbonyl (C=O) groups excluding carboxylic acids is 1. The third-order valence-electron chi connectivity index (χ3n) is 2.95. The number of hydrogen-bond acceptors (Lipinski definition) is 5. The lowest BCUT2D eigenvalue weighted by Crippen LogP contribution is -2.51. The van der Waals surface area contributed by atoms with E-state index in [2.05, 4.69) is 9.83 Å². The van der Waals surface area contributed by atoms with Gasteiger partial charge in [-0.25, -0.2) is 4.79 Å². The van der Waals surface area contributed by atoms with Crippen LogP contribution in [0.3, 0.4) is 0 Å². The first-order valence-corrected chi connectivity index (χ1v) is 6.27. The second-order valence-electron chi connectivity index (χ2n) is 4.63. The number of nitrogens with zero attached hydrogens (tertiary/aromatic N) is 1. The maximum Gasteiger partial charge on any atom is 0.344 e. The summed E-state index contributed by atoms with van der Waals surface area (Å²) in [6.07, 6.45) is 1.26. The van der Waals surface area contributed by atoms with Gasteiger partial charge < -0.3 is 22.0 Å². The van der Waals surface area contributed by atoms with Gasteiger partial charge in [-0.2, -0.15) is 5.90 Å². The van der Waals surface area contributed by atoms with Crippen molar-refractivity contribution in [3.8, 4) is 0 Å². The lowest BCUT2D eigenvalue weighted by molar-refractivity contribution is -0.151. The third kappa shape index (κ3) is 4.87. The summed E-state index contributed by atoms with van der Waals surface area (Å²) in [6, 6.07) is 9.43. The standard InChI is InChI=1S/C13H21N5O2/c14-12(15)18-8-4-7-13(16,11(19)20-17)9-10-5-2-1-3-6-10/h1-3,5-6H,4,7-9,16-17H2,(H4,14,15,18). The van der Waals surface area contributed by atoms with Crippen LogP contribution < -0.4 is 23.1 Å². The van der Waals surface area contributed by atoms with Crippen molar-refractivity contribution in [3.05, 3.63) is 35.9 Å². The molecule has 0 amide bonds. The zero-order valence-electron chi connectivity index (χ0n) is 11.3. The molecule has 7 heteroatoms. The molecule has 0 radical (unpaired) electrons. The van der Waals surface area contributed by atoms with Gasteiger partial charge in [-0.3, -0.25) is 4.99 Å². The normalized spacial score (nSPS) is 13.3. The highest BCUT2D eigenvalue weighted by atomic mass is 16.7. The molecule has 0 saturated heterocycles. The fraction of sp³-hybridized carbons (Fsp3) is 0.385. The van der Waals surface area contributed by atoms with E-state index in [0.29, 0.717) is 25.8 Å². The van der Waals surface area contributed by atoms with Crippen LogP contribution in [0, 0.1) is 0 Å². The predicted octanol–water partition coefficient (Wildman–Crippen LogP) is -0.603. The Balaban J connectivity index is 2.71. The number of benzene rings is 1. The average molecular weight is 279 g/mol. The Morgan fingerprint density at radius 1 is 1.25 bits per heavy atom. The summed E-state index contributed by atoms with van der Waals surface area (Å²) in [5.74, 6) is 4.33. The molecule has 1 atom stereocenters. The lowest BCUT2D eigenvalue weighted by Gasteiger charge is -2.26. The minimum atomic E-state index is -1.19. The summed E-state index contributed by atoms with van der Waals surface area (Å²) >= 11 is 0. The first kappa shape index (κ1) is 15.9. The summed E-state index contributed by atoms with van der Waals surface area (Å²) in [7, 11) is 0. The first-order chi connectivity index (χ1) is 9.48. The van der Waals surface area contributed by atoms with E-state index in [0.717, 1.165) is 5.56 Å². The van der Waals surface area contributed by atoms with Crippen molar-refractivity contribution in [2.45, 2.75) is 24.8 Å². The molecule has 1 aromatic rings. The van der Waals surface area contributed by atoms with E-state index >= 15 is 0 Å². The second kappa shape index (κ2) is 7.46. The Labute approximate surface area is 117 Å². The van der Waals surface area contributed by atoms with E-state index in [1.807, 2.05) is 30.3 Å². The quantitative estimate of drug-likeness (QED) is 0.227. The smallest absolute Gasteiger partial charge is 0.344 e. The molecule has 0 aliphatic rings. The van der Waals surface area contributed by atoms with Gasteiger partial charge in [0.25, 0.3) is 0 Å². The molecule has 0 spiro atoms. The zero-order valence-corrected chi connectivity index (χ0v) is 11.3. The highest BCUT2D eigenvalue weighted by molar-refractivity contribution is 5.80. The molecule has 0 aliphatic carbocycles. The number of hydrogen-bond donors (Lipinski definition) is 4. The number of rotatable bonds is 7. The maximum atomic E-state index is 11.8. The van der Waals surface area contributed by atoms with Gasteiger partial charge in [-0.05, 0) is 18.4 Å². The average Bonchev–Trinajstić information content (AvgIpc) is 2.43. The third-order valence-corrected chi connectivity index (χ3v) is 2.95. The SMILES string of the molecule is NOC(=O)C(N)(CCCN=C(N)N)Cc1ccccc1. The molecule has 1 aromatic carbocycles. The topological polar surface area (TPSA) is 143 Å². The van der Waals surface area contributed by atoms with Crippen molar-refractivity contribution in [2.75, 3.05) is 6.54 Å². The Bertz CT molecular complexity index is 459. The molecule has 1 unspecified atom stereocenters. The van der Waals surface area contributed by atoms with Crippen LogP contribution in [0.15, 0.2) is 35.3 Å². The van der Waals surface area contributed by atoms with Crippen LogP contribution in [-0.2, 0) is 16.1 Å². The van der Waals surface area contributed by atoms with Crippen molar-refractivity contribution in [1.29, 1.82) is 0 Å². The largest absolute Gasteiger partial charge is 0.372 e. The first-order valence-electron chi connectivity index (χ1n) is 6.27. The van der Waals surface area contributed by atoms with Crippen molar-refractivity contribution < 1.29 is 9.63 Å². The highest BCUT2D eigenvalue weighted by Gasteiger charge is 2.35. The Morgan fingerprint density at radius 3 is 2.45 bits per heavy atom. The van der Waals surface area contributed by atoms with Crippen LogP contribution in [0.4, 0.5) is 0 Å². The molecule has 1 rings (SSSR count). The predicted molar refractivity (Wildman–Crippen MR) is 77.3 cm³/mol. The summed E-state index contributed by atoms with van der Waals surface area (Å²) < 4.78 is 0. The lowest BCUT2D eigenvalue weighted by atomic mass is 9.87. The van der Waals surface area contributed by atoms with Crippen LogP contribution in [0.1, 0.15) is 18.4 Å². The summed E-state index contributed by atoms with van der Waals surface area (Å²) in [5.41, 5.74) is 16.4. The second-order valence-corrected chi connectivity index (χ2v) is 4.63. The van der Waals surface area contributed by atoms with E-state index < -0.39 is 11.5 Å². The van der Waals surface area contributed by atoms with Gasteiger partial charge in [0.2, 0.25) is 0 Å².